The lowest BCUT2D eigenvalue weighted by Gasteiger charge is -2.17. The van der Waals surface area contributed by atoms with Crippen LogP contribution in [0, 0.1) is 0 Å². The van der Waals surface area contributed by atoms with Crippen molar-refractivity contribution in [2.75, 3.05) is 20.2 Å². The molecule has 1 amide bonds. The number of carbonyl (C=O) groups is 1. The largest absolute Gasteiger partial charge is 0.496 e. The number of carbonyl (C=O) groups excluding carboxylic acids is 1. The first-order valence-corrected chi connectivity index (χ1v) is 9.37. The standard InChI is InChI=1S/C20H23BrN2O2/c1-25-19-9-8-15(12-18(19)21)20(24)22-13-16-6-2-3-7-17(16)14-23-10-4-5-11-23/h2-3,6-9,12H,4-5,10-11,13-14H2,1H3,(H,22,24). The van der Waals surface area contributed by atoms with E-state index in [1.54, 1.807) is 25.3 Å². The Bertz CT molecular complexity index is 742. The van der Waals surface area contributed by atoms with E-state index >= 15 is 0 Å². The summed E-state index contributed by atoms with van der Waals surface area (Å²) in [6.07, 6.45) is 2.57. The quantitative estimate of drug-likeness (QED) is 0.793. The molecule has 0 aliphatic carbocycles. The van der Waals surface area contributed by atoms with Gasteiger partial charge in [-0.1, -0.05) is 24.3 Å². The van der Waals surface area contributed by atoms with Crippen molar-refractivity contribution in [2.24, 2.45) is 0 Å². The van der Waals surface area contributed by atoms with Crippen molar-refractivity contribution < 1.29 is 9.53 Å². The molecule has 1 aliphatic rings. The van der Waals surface area contributed by atoms with Crippen LogP contribution in [0.2, 0.25) is 0 Å². The highest BCUT2D eigenvalue weighted by Gasteiger charge is 2.14. The SMILES string of the molecule is COc1ccc(C(=O)NCc2ccccc2CN2CCCC2)cc1Br. The van der Waals surface area contributed by atoms with Crippen LogP contribution in [-0.4, -0.2) is 31.0 Å². The predicted octanol–water partition coefficient (Wildman–Crippen LogP) is 3.98. The van der Waals surface area contributed by atoms with Gasteiger partial charge in [0.15, 0.2) is 0 Å². The van der Waals surface area contributed by atoms with Crippen LogP contribution < -0.4 is 10.1 Å². The molecule has 0 bridgehead atoms. The average molecular weight is 403 g/mol. The molecule has 2 aromatic carbocycles. The Morgan fingerprint density at radius 3 is 2.56 bits per heavy atom. The molecule has 1 heterocycles. The minimum Gasteiger partial charge on any atom is -0.496 e. The second-order valence-corrected chi connectivity index (χ2v) is 7.14. The fourth-order valence-corrected chi connectivity index (χ4v) is 3.69. The second-order valence-electron chi connectivity index (χ2n) is 6.28. The van der Waals surface area contributed by atoms with Crippen LogP contribution in [0.5, 0.6) is 5.75 Å². The Morgan fingerprint density at radius 2 is 1.88 bits per heavy atom. The molecule has 132 valence electrons. The number of halogens is 1. The lowest BCUT2D eigenvalue weighted by atomic mass is 10.1. The highest BCUT2D eigenvalue weighted by molar-refractivity contribution is 9.10. The molecule has 0 aromatic heterocycles. The van der Waals surface area contributed by atoms with E-state index in [1.165, 1.54) is 37.1 Å². The third-order valence-corrected chi connectivity index (χ3v) is 5.18. The maximum Gasteiger partial charge on any atom is 0.251 e. The summed E-state index contributed by atoms with van der Waals surface area (Å²) in [6.45, 7) is 3.83. The van der Waals surface area contributed by atoms with Gasteiger partial charge >= 0.3 is 0 Å². The van der Waals surface area contributed by atoms with Gasteiger partial charge in [0.05, 0.1) is 11.6 Å². The molecule has 3 rings (SSSR count). The van der Waals surface area contributed by atoms with Crippen LogP contribution in [0.25, 0.3) is 0 Å². The van der Waals surface area contributed by atoms with E-state index in [0.717, 1.165) is 11.0 Å². The van der Waals surface area contributed by atoms with Gasteiger partial charge in [0.2, 0.25) is 0 Å². The number of amides is 1. The number of hydrogen-bond donors (Lipinski definition) is 1. The summed E-state index contributed by atoms with van der Waals surface area (Å²) in [7, 11) is 1.61. The van der Waals surface area contributed by atoms with Crippen LogP contribution in [0.15, 0.2) is 46.9 Å². The van der Waals surface area contributed by atoms with Gasteiger partial charge < -0.3 is 10.1 Å². The van der Waals surface area contributed by atoms with Crippen LogP contribution in [0.4, 0.5) is 0 Å². The number of likely N-dealkylation sites (tertiary alicyclic amines) is 1. The van der Waals surface area contributed by atoms with Crippen LogP contribution in [-0.2, 0) is 13.1 Å². The second kappa shape index (κ2) is 8.50. The Morgan fingerprint density at radius 1 is 1.16 bits per heavy atom. The van der Waals surface area contributed by atoms with Crippen molar-refractivity contribution in [1.29, 1.82) is 0 Å². The molecule has 4 nitrogen and oxygen atoms in total. The third kappa shape index (κ3) is 4.61. The van der Waals surface area contributed by atoms with E-state index in [0.29, 0.717) is 17.9 Å². The first-order chi connectivity index (χ1) is 12.2. The molecule has 0 spiro atoms. The number of benzene rings is 2. The summed E-state index contributed by atoms with van der Waals surface area (Å²) < 4.78 is 5.98. The molecule has 0 atom stereocenters. The number of nitrogens with zero attached hydrogens (tertiary/aromatic N) is 1. The van der Waals surface area contributed by atoms with Crippen molar-refractivity contribution in [1.82, 2.24) is 10.2 Å². The molecule has 1 aliphatic heterocycles. The lowest BCUT2D eigenvalue weighted by Crippen LogP contribution is -2.25. The summed E-state index contributed by atoms with van der Waals surface area (Å²) in [5.41, 5.74) is 3.08. The van der Waals surface area contributed by atoms with Gasteiger partial charge in [-0.2, -0.15) is 0 Å². The molecule has 1 N–H and O–H groups in total. The van der Waals surface area contributed by atoms with Crippen LogP contribution in [0.1, 0.15) is 34.3 Å². The zero-order chi connectivity index (χ0) is 17.6. The number of hydrogen-bond acceptors (Lipinski definition) is 3. The van der Waals surface area contributed by atoms with Crippen molar-refractivity contribution >= 4 is 21.8 Å². The van der Waals surface area contributed by atoms with E-state index in [9.17, 15) is 4.79 Å². The third-order valence-electron chi connectivity index (χ3n) is 4.56. The van der Waals surface area contributed by atoms with Gasteiger partial charge in [-0.15, -0.1) is 0 Å². The molecular formula is C20H23BrN2O2. The Balaban J connectivity index is 1.64. The molecule has 5 heteroatoms. The number of ether oxygens (including phenoxy) is 1. The zero-order valence-electron chi connectivity index (χ0n) is 14.4. The molecule has 0 saturated carbocycles. The fraction of sp³-hybridized carbons (Fsp3) is 0.350. The van der Waals surface area contributed by atoms with E-state index in [4.69, 9.17) is 4.74 Å². The van der Waals surface area contributed by atoms with E-state index in [1.807, 2.05) is 6.07 Å². The van der Waals surface area contributed by atoms with Gasteiger partial charge in [-0.3, -0.25) is 9.69 Å². The zero-order valence-corrected chi connectivity index (χ0v) is 16.0. The van der Waals surface area contributed by atoms with Gasteiger partial charge in [-0.05, 0) is 71.2 Å². The fourth-order valence-electron chi connectivity index (χ4n) is 3.15. The van der Waals surface area contributed by atoms with Crippen molar-refractivity contribution in [2.45, 2.75) is 25.9 Å². The summed E-state index contributed by atoms with van der Waals surface area (Å²) >= 11 is 3.42. The number of nitrogens with one attached hydrogen (secondary N) is 1. The minimum atomic E-state index is -0.0840. The van der Waals surface area contributed by atoms with Crippen LogP contribution >= 0.6 is 15.9 Å². The Hall–Kier alpha value is -1.85. The van der Waals surface area contributed by atoms with Crippen molar-refractivity contribution in [3.05, 3.63) is 63.6 Å². The summed E-state index contributed by atoms with van der Waals surface area (Å²) in [4.78, 5) is 14.9. The summed E-state index contributed by atoms with van der Waals surface area (Å²) in [5.74, 6) is 0.631. The average Bonchev–Trinajstić information content (AvgIpc) is 3.13. The summed E-state index contributed by atoms with van der Waals surface area (Å²) in [5, 5.41) is 3.03. The number of rotatable bonds is 6. The molecule has 1 saturated heterocycles. The Labute approximate surface area is 157 Å². The topological polar surface area (TPSA) is 41.6 Å². The normalized spacial score (nSPS) is 14.5. The lowest BCUT2D eigenvalue weighted by molar-refractivity contribution is 0.0950. The predicted molar refractivity (Wildman–Crippen MR) is 103 cm³/mol. The maximum atomic E-state index is 12.4. The first-order valence-electron chi connectivity index (χ1n) is 8.58. The molecular weight excluding hydrogens is 380 g/mol. The van der Waals surface area contributed by atoms with Crippen LogP contribution in [0.3, 0.4) is 0 Å². The van der Waals surface area contributed by atoms with E-state index < -0.39 is 0 Å². The molecule has 25 heavy (non-hydrogen) atoms. The highest BCUT2D eigenvalue weighted by atomic mass is 79.9. The van der Waals surface area contributed by atoms with Gasteiger partial charge in [0, 0.05) is 18.7 Å². The van der Waals surface area contributed by atoms with Gasteiger partial charge in [0.25, 0.3) is 5.91 Å². The minimum absolute atomic E-state index is 0.0840. The van der Waals surface area contributed by atoms with Gasteiger partial charge in [0.1, 0.15) is 5.75 Å². The highest BCUT2D eigenvalue weighted by Crippen LogP contribution is 2.25. The first kappa shape index (κ1) is 18.0. The maximum absolute atomic E-state index is 12.4. The molecule has 1 fully saturated rings. The smallest absolute Gasteiger partial charge is 0.251 e. The Kier molecular flexibility index (Phi) is 6.10. The van der Waals surface area contributed by atoms with Crippen molar-refractivity contribution in [3.63, 3.8) is 0 Å². The van der Waals surface area contributed by atoms with Crippen molar-refractivity contribution in [3.8, 4) is 5.75 Å². The molecule has 0 unspecified atom stereocenters. The monoisotopic (exact) mass is 402 g/mol. The van der Waals surface area contributed by atoms with E-state index in [2.05, 4.69) is 44.3 Å². The molecule has 2 aromatic rings. The van der Waals surface area contributed by atoms with Gasteiger partial charge in [-0.25, -0.2) is 0 Å². The van der Waals surface area contributed by atoms with E-state index in [-0.39, 0.29) is 5.91 Å². The summed E-state index contributed by atoms with van der Waals surface area (Å²) in [6, 6.07) is 13.7. The number of methoxy groups -OCH3 is 1. The molecule has 0 radical (unpaired) electrons.